The minimum Gasteiger partial charge on any atom is -0.378 e. The minimum absolute atomic E-state index is 0.0755. The highest BCUT2D eigenvalue weighted by atomic mass is 19.1. The molecule has 21 heavy (non-hydrogen) atoms. The second-order valence-electron chi connectivity index (χ2n) is 5.04. The van der Waals surface area contributed by atoms with E-state index in [0.717, 1.165) is 28.6 Å². The summed E-state index contributed by atoms with van der Waals surface area (Å²) in [4.78, 5) is 4.36. The topological polar surface area (TPSA) is 24.9 Å². The van der Waals surface area contributed by atoms with Crippen LogP contribution in [0.4, 0.5) is 10.1 Å². The number of pyridine rings is 1. The van der Waals surface area contributed by atoms with Crippen molar-refractivity contribution >= 4 is 16.6 Å². The van der Waals surface area contributed by atoms with E-state index in [9.17, 15) is 4.39 Å². The SMILES string of the molecule is CCC(Nc1cccc2ncccc12)c1cccc(F)c1. The fraction of sp³-hybridized carbons (Fsp3) is 0.167. The molecule has 1 unspecified atom stereocenters. The largest absolute Gasteiger partial charge is 0.378 e. The van der Waals surface area contributed by atoms with Crippen molar-refractivity contribution in [2.24, 2.45) is 0 Å². The van der Waals surface area contributed by atoms with Crippen molar-refractivity contribution in [2.45, 2.75) is 19.4 Å². The Hall–Kier alpha value is -2.42. The van der Waals surface area contributed by atoms with Gasteiger partial charge in [-0.3, -0.25) is 4.98 Å². The molecule has 3 aromatic rings. The van der Waals surface area contributed by atoms with E-state index in [1.165, 1.54) is 6.07 Å². The van der Waals surface area contributed by atoms with Crippen LogP contribution in [0.25, 0.3) is 10.9 Å². The van der Waals surface area contributed by atoms with Crippen LogP contribution in [0.5, 0.6) is 0 Å². The van der Waals surface area contributed by atoms with E-state index in [1.54, 1.807) is 18.3 Å². The van der Waals surface area contributed by atoms with Gasteiger partial charge in [-0.15, -0.1) is 0 Å². The summed E-state index contributed by atoms with van der Waals surface area (Å²) < 4.78 is 13.4. The van der Waals surface area contributed by atoms with Crippen molar-refractivity contribution in [1.29, 1.82) is 0 Å². The predicted octanol–water partition coefficient (Wildman–Crippen LogP) is 4.94. The van der Waals surface area contributed by atoms with Crippen LogP contribution in [0.3, 0.4) is 0 Å². The van der Waals surface area contributed by atoms with E-state index in [4.69, 9.17) is 0 Å². The van der Waals surface area contributed by atoms with Crippen LogP contribution >= 0.6 is 0 Å². The van der Waals surface area contributed by atoms with E-state index in [1.807, 2.05) is 36.4 Å². The van der Waals surface area contributed by atoms with Gasteiger partial charge in [-0.25, -0.2) is 4.39 Å². The van der Waals surface area contributed by atoms with Crippen molar-refractivity contribution in [3.8, 4) is 0 Å². The molecule has 2 aromatic carbocycles. The highest BCUT2D eigenvalue weighted by Crippen LogP contribution is 2.28. The van der Waals surface area contributed by atoms with Crippen LogP contribution in [-0.4, -0.2) is 4.98 Å². The van der Waals surface area contributed by atoms with E-state index < -0.39 is 0 Å². The summed E-state index contributed by atoms with van der Waals surface area (Å²) in [6.07, 6.45) is 2.66. The normalized spacial score (nSPS) is 12.3. The van der Waals surface area contributed by atoms with Gasteiger partial charge in [0.2, 0.25) is 0 Å². The Labute approximate surface area is 123 Å². The molecule has 106 valence electrons. The molecule has 1 aromatic heterocycles. The van der Waals surface area contributed by atoms with Gasteiger partial charge in [-0.1, -0.05) is 25.1 Å². The second kappa shape index (κ2) is 5.92. The summed E-state index contributed by atoms with van der Waals surface area (Å²) in [7, 11) is 0. The van der Waals surface area contributed by atoms with Crippen molar-refractivity contribution in [3.05, 3.63) is 72.2 Å². The summed E-state index contributed by atoms with van der Waals surface area (Å²) in [6.45, 7) is 2.09. The minimum atomic E-state index is -0.202. The first-order chi connectivity index (χ1) is 10.3. The van der Waals surface area contributed by atoms with Crippen molar-refractivity contribution in [2.75, 3.05) is 5.32 Å². The zero-order valence-corrected chi connectivity index (χ0v) is 11.9. The fourth-order valence-corrected chi connectivity index (χ4v) is 2.56. The average Bonchev–Trinajstić information content (AvgIpc) is 2.52. The molecule has 1 atom stereocenters. The van der Waals surface area contributed by atoms with E-state index in [-0.39, 0.29) is 11.9 Å². The number of fused-ring (bicyclic) bond motifs is 1. The zero-order chi connectivity index (χ0) is 14.7. The first-order valence-electron chi connectivity index (χ1n) is 7.13. The van der Waals surface area contributed by atoms with Gasteiger partial charge in [0.1, 0.15) is 5.82 Å². The quantitative estimate of drug-likeness (QED) is 0.732. The molecule has 0 bridgehead atoms. The van der Waals surface area contributed by atoms with Crippen LogP contribution in [-0.2, 0) is 0 Å². The molecule has 3 heteroatoms. The highest BCUT2D eigenvalue weighted by molar-refractivity contribution is 5.91. The molecular formula is C18H17FN2. The Balaban J connectivity index is 1.96. The number of nitrogens with zero attached hydrogens (tertiary/aromatic N) is 1. The molecule has 0 aliphatic heterocycles. The van der Waals surface area contributed by atoms with Crippen LogP contribution in [0.1, 0.15) is 24.9 Å². The number of benzene rings is 2. The van der Waals surface area contributed by atoms with Gasteiger partial charge in [0.15, 0.2) is 0 Å². The molecule has 1 heterocycles. The number of halogens is 1. The molecule has 0 saturated heterocycles. The lowest BCUT2D eigenvalue weighted by Crippen LogP contribution is -2.10. The monoisotopic (exact) mass is 280 g/mol. The molecular weight excluding hydrogens is 263 g/mol. The van der Waals surface area contributed by atoms with Crippen molar-refractivity contribution in [1.82, 2.24) is 4.98 Å². The number of rotatable bonds is 4. The lowest BCUT2D eigenvalue weighted by atomic mass is 10.0. The van der Waals surface area contributed by atoms with Crippen molar-refractivity contribution in [3.63, 3.8) is 0 Å². The Kier molecular flexibility index (Phi) is 3.82. The predicted molar refractivity (Wildman–Crippen MR) is 84.8 cm³/mol. The Morgan fingerprint density at radius 3 is 2.76 bits per heavy atom. The number of hydrogen-bond donors (Lipinski definition) is 1. The molecule has 0 fully saturated rings. The molecule has 0 radical (unpaired) electrons. The molecule has 2 nitrogen and oxygen atoms in total. The zero-order valence-electron chi connectivity index (χ0n) is 11.9. The Morgan fingerprint density at radius 2 is 1.95 bits per heavy atom. The first kappa shape index (κ1) is 13.6. The van der Waals surface area contributed by atoms with Crippen LogP contribution in [0.15, 0.2) is 60.8 Å². The number of aromatic nitrogens is 1. The molecule has 0 spiro atoms. The van der Waals surface area contributed by atoms with Crippen molar-refractivity contribution < 1.29 is 4.39 Å². The van der Waals surface area contributed by atoms with Gasteiger partial charge in [-0.05, 0) is 48.4 Å². The molecule has 3 rings (SSSR count). The molecule has 0 aliphatic rings. The summed E-state index contributed by atoms with van der Waals surface area (Å²) in [5.74, 6) is -0.202. The third-order valence-electron chi connectivity index (χ3n) is 3.63. The fourth-order valence-electron chi connectivity index (χ4n) is 2.56. The number of anilines is 1. The summed E-state index contributed by atoms with van der Waals surface area (Å²) in [5.41, 5.74) is 2.94. The van der Waals surface area contributed by atoms with E-state index >= 15 is 0 Å². The van der Waals surface area contributed by atoms with Gasteiger partial charge in [-0.2, -0.15) is 0 Å². The van der Waals surface area contributed by atoms with Gasteiger partial charge < -0.3 is 5.32 Å². The van der Waals surface area contributed by atoms with Gasteiger partial charge in [0.25, 0.3) is 0 Å². The van der Waals surface area contributed by atoms with E-state index in [2.05, 4.69) is 17.2 Å². The van der Waals surface area contributed by atoms with Crippen LogP contribution in [0, 0.1) is 5.82 Å². The maximum atomic E-state index is 13.4. The third kappa shape index (κ3) is 2.87. The Bertz CT molecular complexity index is 750. The van der Waals surface area contributed by atoms with Gasteiger partial charge in [0.05, 0.1) is 11.6 Å². The second-order valence-corrected chi connectivity index (χ2v) is 5.04. The lowest BCUT2D eigenvalue weighted by molar-refractivity contribution is 0.621. The van der Waals surface area contributed by atoms with Gasteiger partial charge >= 0.3 is 0 Å². The smallest absolute Gasteiger partial charge is 0.123 e. The molecule has 0 amide bonds. The molecule has 1 N–H and O–H groups in total. The highest BCUT2D eigenvalue weighted by Gasteiger charge is 2.11. The molecule has 0 saturated carbocycles. The van der Waals surface area contributed by atoms with Gasteiger partial charge in [0, 0.05) is 17.3 Å². The maximum Gasteiger partial charge on any atom is 0.123 e. The average molecular weight is 280 g/mol. The Morgan fingerprint density at radius 1 is 1.10 bits per heavy atom. The van der Waals surface area contributed by atoms with E-state index in [0.29, 0.717) is 0 Å². The first-order valence-corrected chi connectivity index (χ1v) is 7.13. The third-order valence-corrected chi connectivity index (χ3v) is 3.63. The number of nitrogens with one attached hydrogen (secondary N) is 1. The summed E-state index contributed by atoms with van der Waals surface area (Å²) in [5, 5.41) is 4.59. The maximum absolute atomic E-state index is 13.4. The van der Waals surface area contributed by atoms with Crippen LogP contribution in [0.2, 0.25) is 0 Å². The lowest BCUT2D eigenvalue weighted by Gasteiger charge is -2.20. The van der Waals surface area contributed by atoms with Crippen LogP contribution < -0.4 is 5.32 Å². The standard InChI is InChI=1S/C18H17FN2/c1-2-16(13-6-3-7-14(19)12-13)21-18-10-4-9-17-15(18)8-5-11-20-17/h3-12,16,21H,2H2,1H3. The molecule has 0 aliphatic carbocycles. The summed E-state index contributed by atoms with van der Waals surface area (Å²) in [6, 6.07) is 16.8. The number of hydrogen-bond acceptors (Lipinski definition) is 2. The summed E-state index contributed by atoms with van der Waals surface area (Å²) >= 11 is 0.